The Bertz CT molecular complexity index is 518. The maximum atomic E-state index is 13.8. The van der Waals surface area contributed by atoms with Gasteiger partial charge in [0.05, 0.1) is 12.8 Å². The van der Waals surface area contributed by atoms with Crippen molar-refractivity contribution in [2.75, 3.05) is 7.11 Å². The molecule has 0 saturated heterocycles. The molecule has 4 nitrogen and oxygen atoms in total. The molecule has 1 aromatic heterocycles. The van der Waals surface area contributed by atoms with E-state index in [0.29, 0.717) is 13.1 Å². The number of hydrogen-bond donors (Lipinski definition) is 0. The molecule has 120 valence electrons. The van der Waals surface area contributed by atoms with Gasteiger partial charge in [0.2, 0.25) is 5.88 Å². The molecule has 0 bridgehead atoms. The lowest BCUT2D eigenvalue weighted by Gasteiger charge is -2.30. The summed E-state index contributed by atoms with van der Waals surface area (Å²) in [7, 11) is 1.55. The molecule has 0 radical (unpaired) electrons. The van der Waals surface area contributed by atoms with Crippen LogP contribution in [0.3, 0.4) is 0 Å². The van der Waals surface area contributed by atoms with Crippen molar-refractivity contribution in [2.24, 2.45) is 7.05 Å². The SMILES string of the molecule is COC(=O)Oc1ccc(C(F)(C(F)(F)F)C(F)(F)F)n1C. The molecule has 1 aromatic rings. The minimum Gasteiger partial charge on any atom is -0.437 e. The van der Waals surface area contributed by atoms with Crippen molar-refractivity contribution in [1.29, 1.82) is 0 Å². The van der Waals surface area contributed by atoms with Crippen LogP contribution in [0.1, 0.15) is 5.69 Å². The topological polar surface area (TPSA) is 40.5 Å². The van der Waals surface area contributed by atoms with Crippen molar-refractivity contribution >= 4 is 6.16 Å². The molecule has 0 unspecified atom stereocenters. The zero-order valence-corrected chi connectivity index (χ0v) is 10.5. The first-order valence-corrected chi connectivity index (χ1v) is 5.10. The fraction of sp³-hybridized carbons (Fsp3) is 0.500. The van der Waals surface area contributed by atoms with Crippen LogP contribution in [0.5, 0.6) is 5.88 Å². The Morgan fingerprint density at radius 1 is 1.05 bits per heavy atom. The highest BCUT2D eigenvalue weighted by atomic mass is 19.4. The molecule has 0 spiro atoms. The van der Waals surface area contributed by atoms with E-state index in [-0.39, 0.29) is 10.6 Å². The van der Waals surface area contributed by atoms with Crippen LogP contribution >= 0.6 is 0 Å². The van der Waals surface area contributed by atoms with Crippen molar-refractivity contribution < 1.29 is 45.0 Å². The second-order valence-electron chi connectivity index (χ2n) is 3.83. The Kier molecular flexibility index (Phi) is 4.17. The van der Waals surface area contributed by atoms with Gasteiger partial charge in [0.1, 0.15) is 0 Å². The normalized spacial score (nSPS) is 13.2. The summed E-state index contributed by atoms with van der Waals surface area (Å²) in [6, 6.07) is 0.803. The van der Waals surface area contributed by atoms with Crippen molar-refractivity contribution in [2.45, 2.75) is 18.0 Å². The van der Waals surface area contributed by atoms with Crippen LogP contribution in [-0.2, 0) is 17.5 Å². The summed E-state index contributed by atoms with van der Waals surface area (Å²) in [5, 5.41) is 0. The number of hydrogen-bond acceptors (Lipinski definition) is 3. The van der Waals surface area contributed by atoms with Gasteiger partial charge in [0.15, 0.2) is 0 Å². The summed E-state index contributed by atoms with van der Waals surface area (Å²) in [6.07, 6.45) is -13.9. The zero-order chi connectivity index (χ0) is 16.6. The monoisotopic (exact) mass is 323 g/mol. The average molecular weight is 323 g/mol. The van der Waals surface area contributed by atoms with Gasteiger partial charge in [-0.1, -0.05) is 0 Å². The number of halogens is 7. The molecular weight excluding hydrogens is 315 g/mol. The average Bonchev–Trinajstić information content (AvgIpc) is 2.67. The third kappa shape index (κ3) is 2.76. The zero-order valence-electron chi connectivity index (χ0n) is 10.5. The molecule has 0 aliphatic rings. The first kappa shape index (κ1) is 17.1. The van der Waals surface area contributed by atoms with E-state index < -0.39 is 35.8 Å². The minimum absolute atomic E-state index is 0.123. The van der Waals surface area contributed by atoms with E-state index in [2.05, 4.69) is 9.47 Å². The molecular formula is C10H8F7NO3. The maximum Gasteiger partial charge on any atom is 0.514 e. The van der Waals surface area contributed by atoms with Gasteiger partial charge in [0, 0.05) is 13.1 Å². The highest BCUT2D eigenvalue weighted by molar-refractivity contribution is 5.63. The minimum atomic E-state index is -6.25. The summed E-state index contributed by atoms with van der Waals surface area (Å²) in [5.74, 6) is -0.743. The summed E-state index contributed by atoms with van der Waals surface area (Å²) in [5.41, 5.74) is -7.38. The van der Waals surface area contributed by atoms with E-state index >= 15 is 0 Å². The van der Waals surface area contributed by atoms with Crippen LogP contribution in [0.25, 0.3) is 0 Å². The first-order chi connectivity index (χ1) is 9.36. The summed E-state index contributed by atoms with van der Waals surface area (Å²) < 4.78 is 97.6. The predicted octanol–water partition coefficient (Wildman–Crippen LogP) is 3.46. The quantitative estimate of drug-likeness (QED) is 0.618. The summed E-state index contributed by atoms with van der Waals surface area (Å²) in [4.78, 5) is 10.8. The lowest BCUT2D eigenvalue weighted by Crippen LogP contribution is -2.51. The molecule has 0 aliphatic carbocycles. The molecule has 1 heterocycles. The molecule has 0 saturated carbocycles. The Balaban J connectivity index is 3.40. The van der Waals surface area contributed by atoms with E-state index in [1.807, 2.05) is 0 Å². The van der Waals surface area contributed by atoms with E-state index in [4.69, 9.17) is 0 Å². The van der Waals surface area contributed by atoms with Crippen LogP contribution in [0, 0.1) is 0 Å². The van der Waals surface area contributed by atoms with Crippen molar-refractivity contribution in [1.82, 2.24) is 4.57 Å². The third-order valence-electron chi connectivity index (χ3n) is 2.56. The number of carbonyl (C=O) groups is 1. The van der Waals surface area contributed by atoms with Gasteiger partial charge in [-0.3, -0.25) is 0 Å². The molecule has 1 rings (SSSR count). The smallest absolute Gasteiger partial charge is 0.437 e. The summed E-state index contributed by atoms with van der Waals surface area (Å²) in [6.45, 7) is 0. The number of methoxy groups -OCH3 is 1. The van der Waals surface area contributed by atoms with Crippen molar-refractivity contribution in [3.63, 3.8) is 0 Å². The maximum absolute atomic E-state index is 13.8. The molecule has 0 N–H and O–H groups in total. The van der Waals surface area contributed by atoms with Crippen LogP contribution < -0.4 is 4.74 Å². The highest BCUT2D eigenvalue weighted by Gasteiger charge is 2.74. The van der Waals surface area contributed by atoms with Crippen LogP contribution in [0.4, 0.5) is 35.5 Å². The van der Waals surface area contributed by atoms with Gasteiger partial charge in [-0.2, -0.15) is 26.3 Å². The Morgan fingerprint density at radius 2 is 1.52 bits per heavy atom. The van der Waals surface area contributed by atoms with Crippen LogP contribution in [-0.4, -0.2) is 30.2 Å². The number of ether oxygens (including phenoxy) is 2. The van der Waals surface area contributed by atoms with Gasteiger partial charge in [0.25, 0.3) is 0 Å². The third-order valence-corrected chi connectivity index (χ3v) is 2.56. The number of nitrogens with zero attached hydrogens (tertiary/aromatic N) is 1. The van der Waals surface area contributed by atoms with Crippen molar-refractivity contribution in [3.8, 4) is 5.88 Å². The number of aromatic nitrogens is 1. The molecule has 0 fully saturated rings. The van der Waals surface area contributed by atoms with E-state index in [0.717, 1.165) is 7.11 Å². The number of alkyl halides is 7. The van der Waals surface area contributed by atoms with Crippen LogP contribution in [0.2, 0.25) is 0 Å². The van der Waals surface area contributed by atoms with Gasteiger partial charge < -0.3 is 14.0 Å². The molecule has 0 atom stereocenters. The largest absolute Gasteiger partial charge is 0.514 e. The molecule has 0 amide bonds. The molecule has 0 aromatic carbocycles. The second-order valence-corrected chi connectivity index (χ2v) is 3.83. The summed E-state index contributed by atoms with van der Waals surface area (Å²) >= 11 is 0. The Hall–Kier alpha value is -1.94. The van der Waals surface area contributed by atoms with E-state index in [1.54, 1.807) is 0 Å². The van der Waals surface area contributed by atoms with Gasteiger partial charge >= 0.3 is 24.2 Å². The highest BCUT2D eigenvalue weighted by Crippen LogP contribution is 2.53. The molecule has 21 heavy (non-hydrogen) atoms. The first-order valence-electron chi connectivity index (χ1n) is 5.10. The Morgan fingerprint density at radius 3 is 1.90 bits per heavy atom. The van der Waals surface area contributed by atoms with Gasteiger partial charge in [-0.15, -0.1) is 0 Å². The van der Waals surface area contributed by atoms with Gasteiger partial charge in [-0.05, 0) is 6.07 Å². The van der Waals surface area contributed by atoms with Gasteiger partial charge in [-0.25, -0.2) is 9.18 Å². The fourth-order valence-corrected chi connectivity index (χ4v) is 1.52. The van der Waals surface area contributed by atoms with E-state index in [9.17, 15) is 35.5 Å². The van der Waals surface area contributed by atoms with Crippen LogP contribution in [0.15, 0.2) is 12.1 Å². The second kappa shape index (κ2) is 5.11. The fourth-order valence-electron chi connectivity index (χ4n) is 1.52. The van der Waals surface area contributed by atoms with Crippen molar-refractivity contribution in [3.05, 3.63) is 17.8 Å². The number of rotatable bonds is 2. The molecule has 0 aliphatic heterocycles. The standard InChI is InChI=1S/C10H8F7NO3/c1-18-5(3-4-6(18)21-7(19)20-2)8(11,9(12,13)14)10(15,16)17/h3-4H,1-2H3. The predicted molar refractivity (Wildman–Crippen MR) is 53.3 cm³/mol. The lowest BCUT2D eigenvalue weighted by molar-refractivity contribution is -0.350. The van der Waals surface area contributed by atoms with E-state index in [1.165, 1.54) is 0 Å². The molecule has 11 heteroatoms. The lowest BCUT2D eigenvalue weighted by atomic mass is 10.0. The number of carbonyl (C=O) groups excluding carboxylic acids is 1. The Labute approximate surface area is 113 Å².